The van der Waals surface area contributed by atoms with Crippen LogP contribution >= 0.6 is 0 Å². The number of nitrogens with zero attached hydrogens (tertiary/aromatic N) is 4. The average Bonchev–Trinajstić information content (AvgIpc) is 3.19. The fourth-order valence-electron chi connectivity index (χ4n) is 3.04. The number of rotatable bonds is 5. The number of carbonyl (C=O) groups excluding carboxylic acids is 1. The van der Waals surface area contributed by atoms with Crippen molar-refractivity contribution >= 4 is 5.91 Å². The van der Waals surface area contributed by atoms with Gasteiger partial charge in [-0.3, -0.25) is 4.79 Å². The summed E-state index contributed by atoms with van der Waals surface area (Å²) in [6.07, 6.45) is 5.82. The first-order chi connectivity index (χ1) is 11.0. The smallest absolute Gasteiger partial charge is 0.289 e. The first kappa shape index (κ1) is 15.8. The Hall–Kier alpha value is -2.12. The van der Waals surface area contributed by atoms with Gasteiger partial charge in [-0.2, -0.15) is 0 Å². The van der Waals surface area contributed by atoms with Crippen LogP contribution in [0.1, 0.15) is 22.7 Å². The predicted molar refractivity (Wildman–Crippen MR) is 84.1 cm³/mol. The third-order valence-electron chi connectivity index (χ3n) is 4.00. The van der Waals surface area contributed by atoms with Gasteiger partial charge in [-0.15, -0.1) is 0 Å². The summed E-state index contributed by atoms with van der Waals surface area (Å²) in [7, 11) is 3.83. The number of imidazole rings is 1. The fraction of sp³-hybridized carbons (Fsp3) is 0.500. The lowest BCUT2D eigenvalue weighted by atomic mass is 10.0. The quantitative estimate of drug-likeness (QED) is 0.877. The van der Waals surface area contributed by atoms with Crippen molar-refractivity contribution in [2.24, 2.45) is 0 Å². The molecule has 0 aromatic carbocycles. The third-order valence-corrected chi connectivity index (χ3v) is 4.00. The fourth-order valence-corrected chi connectivity index (χ4v) is 3.04. The van der Waals surface area contributed by atoms with Gasteiger partial charge in [0.05, 0.1) is 25.0 Å². The Morgan fingerprint density at radius 2 is 2.30 bits per heavy atom. The second-order valence-electron chi connectivity index (χ2n) is 6.44. The van der Waals surface area contributed by atoms with E-state index in [-0.39, 0.29) is 5.91 Å². The maximum atomic E-state index is 12.5. The maximum Gasteiger partial charge on any atom is 0.289 e. The number of hydrogen-bond donors (Lipinski definition) is 1. The first-order valence-electron chi connectivity index (χ1n) is 7.66. The van der Waals surface area contributed by atoms with Gasteiger partial charge in [-0.25, -0.2) is 4.98 Å². The molecule has 0 spiro atoms. The third kappa shape index (κ3) is 3.62. The molecule has 0 aliphatic carbocycles. The standard InChI is InChI=1S/C16H22N4O3/c1-18(2)10-16(22)5-7-20(11-16)15(21)14-4-3-13(23-14)9-19-8-6-17-12-19/h3-4,6,8,12,22H,5,7,9-11H2,1-2H3/t16-/m0/s1. The van der Waals surface area contributed by atoms with Crippen LogP contribution in [0.25, 0.3) is 0 Å². The molecule has 0 radical (unpaired) electrons. The van der Waals surface area contributed by atoms with Crippen molar-refractivity contribution in [2.75, 3.05) is 33.7 Å². The van der Waals surface area contributed by atoms with Crippen molar-refractivity contribution in [3.63, 3.8) is 0 Å². The van der Waals surface area contributed by atoms with Crippen LogP contribution in [-0.2, 0) is 6.54 Å². The van der Waals surface area contributed by atoms with E-state index in [1.54, 1.807) is 29.6 Å². The number of furan rings is 1. The van der Waals surface area contributed by atoms with E-state index in [1.165, 1.54) is 0 Å². The Kier molecular flexibility index (Phi) is 4.23. The number of amides is 1. The minimum atomic E-state index is -0.842. The van der Waals surface area contributed by atoms with Gasteiger partial charge in [-0.05, 0) is 32.6 Å². The SMILES string of the molecule is CN(C)C[C@@]1(O)CCN(C(=O)c2ccc(Cn3ccnc3)o2)C1. The molecule has 1 amide bonds. The molecule has 1 saturated heterocycles. The Balaban J connectivity index is 1.64. The number of aliphatic hydroxyl groups is 1. The van der Waals surface area contributed by atoms with Crippen molar-refractivity contribution in [1.29, 1.82) is 0 Å². The molecule has 1 aliphatic rings. The summed E-state index contributed by atoms with van der Waals surface area (Å²) >= 11 is 0. The van der Waals surface area contributed by atoms with E-state index >= 15 is 0 Å². The lowest BCUT2D eigenvalue weighted by Crippen LogP contribution is -2.43. The van der Waals surface area contributed by atoms with Crippen LogP contribution < -0.4 is 0 Å². The van der Waals surface area contributed by atoms with Gasteiger partial charge in [0.25, 0.3) is 5.91 Å². The lowest BCUT2D eigenvalue weighted by Gasteiger charge is -2.26. The maximum absolute atomic E-state index is 12.5. The zero-order chi connectivity index (χ0) is 16.4. The summed E-state index contributed by atoms with van der Waals surface area (Å²) in [4.78, 5) is 20.1. The Morgan fingerprint density at radius 1 is 1.48 bits per heavy atom. The molecule has 0 saturated carbocycles. The second kappa shape index (κ2) is 6.17. The zero-order valence-corrected chi connectivity index (χ0v) is 13.5. The average molecular weight is 318 g/mol. The van der Waals surface area contributed by atoms with E-state index in [2.05, 4.69) is 4.98 Å². The Morgan fingerprint density at radius 3 is 3.00 bits per heavy atom. The molecule has 0 bridgehead atoms. The number of aromatic nitrogens is 2. The van der Waals surface area contributed by atoms with Gasteiger partial charge in [0.2, 0.25) is 0 Å². The van der Waals surface area contributed by atoms with Crippen molar-refractivity contribution in [3.05, 3.63) is 42.4 Å². The van der Waals surface area contributed by atoms with Gasteiger partial charge in [0.1, 0.15) is 5.76 Å². The normalized spacial score (nSPS) is 21.3. The van der Waals surface area contributed by atoms with E-state index in [9.17, 15) is 9.90 Å². The first-order valence-corrected chi connectivity index (χ1v) is 7.66. The van der Waals surface area contributed by atoms with Crippen LogP contribution in [0.5, 0.6) is 0 Å². The topological polar surface area (TPSA) is 74.7 Å². The van der Waals surface area contributed by atoms with Crippen molar-refractivity contribution < 1.29 is 14.3 Å². The van der Waals surface area contributed by atoms with E-state index in [1.807, 2.05) is 29.8 Å². The van der Waals surface area contributed by atoms with Gasteiger partial charge < -0.3 is 23.9 Å². The molecule has 23 heavy (non-hydrogen) atoms. The molecule has 124 valence electrons. The van der Waals surface area contributed by atoms with Gasteiger partial charge in [-0.1, -0.05) is 0 Å². The van der Waals surface area contributed by atoms with Crippen molar-refractivity contribution in [2.45, 2.75) is 18.6 Å². The molecule has 1 aliphatic heterocycles. The highest BCUT2D eigenvalue weighted by atomic mass is 16.4. The predicted octanol–water partition coefficient (Wildman–Crippen LogP) is 0.663. The van der Waals surface area contributed by atoms with Crippen LogP contribution in [0, 0.1) is 0 Å². The molecule has 3 rings (SSSR count). The largest absolute Gasteiger partial charge is 0.454 e. The number of likely N-dealkylation sites (N-methyl/N-ethyl adjacent to an activating group) is 1. The van der Waals surface area contributed by atoms with Crippen molar-refractivity contribution in [3.8, 4) is 0 Å². The molecule has 1 atom stereocenters. The molecule has 7 nitrogen and oxygen atoms in total. The van der Waals surface area contributed by atoms with E-state index < -0.39 is 5.60 Å². The van der Waals surface area contributed by atoms with Crippen molar-refractivity contribution in [1.82, 2.24) is 19.4 Å². The number of likely N-dealkylation sites (tertiary alicyclic amines) is 1. The molecule has 2 aromatic rings. The monoisotopic (exact) mass is 318 g/mol. The summed E-state index contributed by atoms with van der Waals surface area (Å²) in [6.45, 7) is 1.96. The number of β-amino-alcohol motifs (C(OH)–C–C–N with tert-alkyl or cyclic N) is 1. The summed E-state index contributed by atoms with van der Waals surface area (Å²) < 4.78 is 7.52. The van der Waals surface area contributed by atoms with Crippen LogP contribution in [0.15, 0.2) is 35.3 Å². The van der Waals surface area contributed by atoms with Crippen LogP contribution in [-0.4, -0.2) is 69.7 Å². The van der Waals surface area contributed by atoms with E-state index in [0.29, 0.717) is 44.1 Å². The highest BCUT2D eigenvalue weighted by Crippen LogP contribution is 2.24. The zero-order valence-electron chi connectivity index (χ0n) is 13.5. The molecule has 3 heterocycles. The highest BCUT2D eigenvalue weighted by Gasteiger charge is 2.39. The Bertz CT molecular complexity index is 665. The molecule has 0 unspecified atom stereocenters. The van der Waals surface area contributed by atoms with Gasteiger partial charge in [0, 0.05) is 25.5 Å². The summed E-state index contributed by atoms with van der Waals surface area (Å²) in [5, 5.41) is 10.5. The molecule has 1 N–H and O–H groups in total. The van der Waals surface area contributed by atoms with E-state index in [4.69, 9.17) is 4.42 Å². The van der Waals surface area contributed by atoms with Gasteiger partial charge in [0.15, 0.2) is 5.76 Å². The minimum absolute atomic E-state index is 0.170. The van der Waals surface area contributed by atoms with E-state index in [0.717, 1.165) is 0 Å². The molecule has 1 fully saturated rings. The van der Waals surface area contributed by atoms with Crippen LogP contribution in [0.4, 0.5) is 0 Å². The summed E-state index contributed by atoms with van der Waals surface area (Å²) in [5.41, 5.74) is -0.842. The lowest BCUT2D eigenvalue weighted by molar-refractivity contribution is 0.0231. The van der Waals surface area contributed by atoms with Crippen LogP contribution in [0.3, 0.4) is 0 Å². The van der Waals surface area contributed by atoms with Gasteiger partial charge >= 0.3 is 0 Å². The molecular weight excluding hydrogens is 296 g/mol. The second-order valence-corrected chi connectivity index (χ2v) is 6.44. The summed E-state index contributed by atoms with van der Waals surface area (Å²) in [6, 6.07) is 3.49. The Labute approximate surface area is 135 Å². The minimum Gasteiger partial charge on any atom is -0.454 e. The molecule has 2 aromatic heterocycles. The highest BCUT2D eigenvalue weighted by molar-refractivity contribution is 5.91. The summed E-state index contributed by atoms with van der Waals surface area (Å²) in [5.74, 6) is 0.847. The molecular formula is C16H22N4O3. The number of carbonyl (C=O) groups is 1. The van der Waals surface area contributed by atoms with Crippen LogP contribution in [0.2, 0.25) is 0 Å². The number of hydrogen-bond acceptors (Lipinski definition) is 5. The molecule has 7 heteroatoms.